The largest absolute Gasteiger partial charge is 0.458 e. The van der Waals surface area contributed by atoms with E-state index >= 15 is 0 Å². The van der Waals surface area contributed by atoms with Crippen LogP contribution in [-0.4, -0.2) is 14.8 Å². The Balaban J connectivity index is 1.12. The van der Waals surface area contributed by atoms with Gasteiger partial charge in [-0.05, 0) is 89.8 Å². The molecule has 64 heavy (non-hydrogen) atoms. The van der Waals surface area contributed by atoms with Gasteiger partial charge in [-0.25, -0.2) is 0 Å². The maximum absolute atomic E-state index is 7.05. The predicted molar refractivity (Wildman–Crippen MR) is 271 cm³/mol. The molecule has 0 unspecified atom stereocenters. The van der Waals surface area contributed by atoms with Gasteiger partial charge in [0.15, 0.2) is 8.07 Å². The van der Waals surface area contributed by atoms with Crippen molar-refractivity contribution in [1.29, 1.82) is 0 Å². The fourth-order valence-corrected chi connectivity index (χ4v) is 15.1. The van der Waals surface area contributed by atoms with Crippen LogP contribution in [0.15, 0.2) is 253 Å². The van der Waals surface area contributed by atoms with Gasteiger partial charge in [0.2, 0.25) is 0 Å². The van der Waals surface area contributed by atoms with E-state index in [4.69, 9.17) is 9.15 Å². The van der Waals surface area contributed by atoms with Crippen molar-refractivity contribution < 1.29 is 9.15 Å². The molecule has 0 N–H and O–H groups in total. The molecule has 2 nitrogen and oxygen atoms in total. The Morgan fingerprint density at radius 1 is 0.328 bits per heavy atom. The molecule has 11 aromatic rings. The molecule has 1 aliphatic heterocycles. The molecule has 0 saturated heterocycles. The van der Waals surface area contributed by atoms with E-state index in [1.54, 1.807) is 0 Å². The predicted octanol–water partition coefficient (Wildman–Crippen LogP) is 10.6. The second kappa shape index (κ2) is 15.8. The van der Waals surface area contributed by atoms with Gasteiger partial charge < -0.3 is 9.15 Å². The molecular weight excluding hydrogens is 792 g/mol. The zero-order valence-electron chi connectivity index (χ0n) is 35.1. The average Bonchev–Trinajstić information content (AvgIpc) is 3.75. The van der Waals surface area contributed by atoms with Gasteiger partial charge in [-0.2, -0.15) is 0 Å². The second-order valence-electron chi connectivity index (χ2n) is 16.7. The highest BCUT2D eigenvalue weighted by Crippen LogP contribution is 2.39. The lowest BCUT2D eigenvalue weighted by Crippen LogP contribution is -2.74. The maximum Gasteiger partial charge on any atom is 0.252 e. The van der Waals surface area contributed by atoms with Crippen molar-refractivity contribution in [3.63, 3.8) is 0 Å². The van der Waals surface area contributed by atoms with Crippen LogP contribution in [-0.2, 0) is 0 Å². The summed E-state index contributed by atoms with van der Waals surface area (Å²) in [4.78, 5) is 0. The fourth-order valence-electron chi connectivity index (χ4n) is 10.4. The first-order valence-corrected chi connectivity index (χ1v) is 24.0. The Morgan fingerprint density at radius 2 is 0.797 bits per heavy atom. The van der Waals surface area contributed by atoms with E-state index in [0.29, 0.717) is 0 Å². The van der Waals surface area contributed by atoms with Crippen molar-refractivity contribution >= 4 is 73.9 Å². The molecule has 10 aromatic carbocycles. The quantitative estimate of drug-likeness (QED) is 0.112. The molecule has 1 aliphatic rings. The molecule has 300 valence electrons. The molecule has 0 aliphatic carbocycles. The van der Waals surface area contributed by atoms with Crippen LogP contribution >= 0.6 is 0 Å². The molecule has 1 aromatic heterocycles. The highest BCUT2D eigenvalue weighted by molar-refractivity contribution is 7.20. The van der Waals surface area contributed by atoms with Gasteiger partial charge in [-0.3, -0.25) is 0 Å². The lowest BCUT2D eigenvalue weighted by molar-refractivity contribution is 0.487. The molecule has 0 atom stereocenters. The van der Waals surface area contributed by atoms with Crippen LogP contribution in [0, 0.1) is 0 Å². The van der Waals surface area contributed by atoms with E-state index in [2.05, 4.69) is 249 Å². The minimum absolute atomic E-state index is 0.0793. The van der Waals surface area contributed by atoms with Gasteiger partial charge >= 0.3 is 0 Å². The summed E-state index contributed by atoms with van der Waals surface area (Å²) in [5, 5.41) is 7.57. The van der Waals surface area contributed by atoms with Gasteiger partial charge in [0.25, 0.3) is 6.71 Å². The third kappa shape index (κ3) is 6.18. The number of para-hydroxylation sites is 3. The number of ether oxygens (including phenoxy) is 1. The summed E-state index contributed by atoms with van der Waals surface area (Å²) in [7, 11) is -2.77. The van der Waals surface area contributed by atoms with E-state index in [1.807, 2.05) is 0 Å². The normalized spacial score (nSPS) is 12.2. The molecule has 0 spiro atoms. The molecule has 2 heterocycles. The Morgan fingerprint density at radius 3 is 1.31 bits per heavy atom. The fraction of sp³-hybridized carbons (Fsp3) is 0. The molecule has 0 bridgehead atoms. The topological polar surface area (TPSA) is 22.4 Å². The summed E-state index contributed by atoms with van der Waals surface area (Å²) in [6.45, 7) is -0.0793. The van der Waals surface area contributed by atoms with Crippen molar-refractivity contribution in [1.82, 2.24) is 0 Å². The van der Waals surface area contributed by atoms with Gasteiger partial charge in [-0.1, -0.05) is 224 Å². The number of furan rings is 1. The Kier molecular flexibility index (Phi) is 9.32. The molecule has 0 saturated carbocycles. The summed E-state index contributed by atoms with van der Waals surface area (Å²) in [5.74, 6) is 1.78. The lowest BCUT2D eigenvalue weighted by atomic mass is 9.34. The third-order valence-corrected chi connectivity index (χ3v) is 18.0. The smallest absolute Gasteiger partial charge is 0.252 e. The van der Waals surface area contributed by atoms with Gasteiger partial charge in [0.05, 0.1) is 0 Å². The van der Waals surface area contributed by atoms with Crippen LogP contribution in [0.5, 0.6) is 11.5 Å². The number of benzene rings is 10. The molecule has 4 heteroatoms. The van der Waals surface area contributed by atoms with E-state index in [0.717, 1.165) is 66.6 Å². The van der Waals surface area contributed by atoms with Gasteiger partial charge in [-0.15, -0.1) is 0 Å². The highest BCUT2D eigenvalue weighted by Gasteiger charge is 2.42. The van der Waals surface area contributed by atoms with E-state index < -0.39 is 8.07 Å². The summed E-state index contributed by atoms with van der Waals surface area (Å²) < 4.78 is 13.6. The monoisotopic (exact) mass is 832 g/mol. The zero-order valence-corrected chi connectivity index (χ0v) is 36.1. The van der Waals surface area contributed by atoms with Crippen molar-refractivity contribution in [2.24, 2.45) is 0 Å². The first-order valence-electron chi connectivity index (χ1n) is 22.0. The van der Waals surface area contributed by atoms with Crippen molar-refractivity contribution in [3.05, 3.63) is 249 Å². The van der Waals surface area contributed by atoms with Crippen LogP contribution in [0.25, 0.3) is 55.3 Å². The van der Waals surface area contributed by atoms with Crippen LogP contribution in [0.3, 0.4) is 0 Å². The molecule has 12 rings (SSSR count). The Bertz CT molecular complexity index is 3260. The highest BCUT2D eigenvalue weighted by atomic mass is 28.3. The zero-order chi connectivity index (χ0) is 42.5. The third-order valence-electron chi connectivity index (χ3n) is 13.2. The molecule has 0 fully saturated rings. The SMILES string of the molecule is c1ccc(-c2cc(-c3cccc4c3oc3ccc([Si](c5ccccc5)(c5ccccc5)c5ccccc5)cc34)cc(-c3ccccc3)c2B2c3ccccc3Oc3ccccc32)cc1. The summed E-state index contributed by atoms with van der Waals surface area (Å²) in [6.07, 6.45) is 0. The van der Waals surface area contributed by atoms with Crippen LogP contribution in [0.2, 0.25) is 0 Å². The van der Waals surface area contributed by atoms with Gasteiger partial charge in [0, 0.05) is 16.3 Å². The van der Waals surface area contributed by atoms with Crippen LogP contribution < -0.4 is 41.9 Å². The van der Waals surface area contributed by atoms with Gasteiger partial charge in [0.1, 0.15) is 22.7 Å². The first-order chi connectivity index (χ1) is 31.8. The van der Waals surface area contributed by atoms with E-state index in [1.165, 1.54) is 37.3 Å². The Hall–Kier alpha value is -7.92. The number of hydrogen-bond donors (Lipinski definition) is 0. The van der Waals surface area contributed by atoms with Crippen LogP contribution in [0.4, 0.5) is 0 Å². The van der Waals surface area contributed by atoms with Crippen LogP contribution in [0.1, 0.15) is 0 Å². The summed E-state index contributed by atoms with van der Waals surface area (Å²) in [5.41, 5.74) is 12.1. The lowest BCUT2D eigenvalue weighted by Gasteiger charge is -2.34. The first kappa shape index (κ1) is 37.8. The number of fused-ring (bicyclic) bond motifs is 5. The number of hydrogen-bond acceptors (Lipinski definition) is 2. The second-order valence-corrected chi connectivity index (χ2v) is 20.5. The molecular formula is C60H41BO2Si. The minimum atomic E-state index is -2.77. The number of rotatable bonds is 8. The molecule has 0 amide bonds. The van der Waals surface area contributed by atoms with E-state index in [9.17, 15) is 0 Å². The average molecular weight is 833 g/mol. The summed E-state index contributed by atoms with van der Waals surface area (Å²) >= 11 is 0. The van der Waals surface area contributed by atoms with Crippen molar-refractivity contribution in [2.45, 2.75) is 0 Å². The summed E-state index contributed by atoms with van der Waals surface area (Å²) in [6, 6.07) is 90.4. The van der Waals surface area contributed by atoms with Crippen molar-refractivity contribution in [3.8, 4) is 44.9 Å². The maximum atomic E-state index is 7.05. The Labute approximate surface area is 374 Å². The van der Waals surface area contributed by atoms with E-state index in [-0.39, 0.29) is 6.71 Å². The standard InChI is InChI=1S/C60H41BO2Si/c1-6-21-42(22-7-1)51-39-44(40-52(43-23-8-2-9-24-43)59(51)61-54-33-16-18-35-57(54)62-58-36-19-17-34-55(58)61)49-31-20-32-50-53-41-48(37-38-56(53)63-60(49)50)64(45-25-10-3-11-26-45,46-27-12-4-13-28-46)47-29-14-5-15-30-47/h1-41H. The minimum Gasteiger partial charge on any atom is -0.458 e. The molecule has 0 radical (unpaired) electrons. The van der Waals surface area contributed by atoms with Crippen molar-refractivity contribution in [2.75, 3.05) is 0 Å².